The number of hydrogen-bond donors (Lipinski definition) is 0. The lowest BCUT2D eigenvalue weighted by molar-refractivity contribution is 0.257. The molecule has 78 valence electrons. The van der Waals surface area contributed by atoms with Crippen LogP contribution in [0.3, 0.4) is 0 Å². The Balaban J connectivity index is 2.43. The van der Waals surface area contributed by atoms with Gasteiger partial charge in [-0.05, 0) is 42.9 Å². The topological polar surface area (TPSA) is 0 Å². The molecule has 1 aliphatic carbocycles. The van der Waals surface area contributed by atoms with Gasteiger partial charge in [-0.15, -0.1) is 11.6 Å². The van der Waals surface area contributed by atoms with E-state index in [0.717, 1.165) is 23.7 Å². The van der Waals surface area contributed by atoms with Crippen molar-refractivity contribution in [3.63, 3.8) is 0 Å². The molecule has 1 rings (SSSR count). The zero-order valence-electron chi connectivity index (χ0n) is 9.39. The van der Waals surface area contributed by atoms with E-state index in [4.69, 9.17) is 11.6 Å². The molecule has 0 radical (unpaired) electrons. The Hall–Kier alpha value is 0.290. The van der Waals surface area contributed by atoms with E-state index in [0.29, 0.717) is 5.38 Å². The summed E-state index contributed by atoms with van der Waals surface area (Å²) in [7, 11) is 0. The monoisotopic (exact) mass is 202 g/mol. The van der Waals surface area contributed by atoms with Gasteiger partial charge in [-0.2, -0.15) is 0 Å². The van der Waals surface area contributed by atoms with Crippen molar-refractivity contribution in [3.8, 4) is 0 Å². The highest BCUT2D eigenvalue weighted by molar-refractivity contribution is 6.20. The molecule has 0 aliphatic heterocycles. The third-order valence-corrected chi connectivity index (χ3v) is 4.21. The minimum absolute atomic E-state index is 0.444. The highest BCUT2D eigenvalue weighted by Crippen LogP contribution is 2.41. The van der Waals surface area contributed by atoms with Crippen LogP contribution in [0.1, 0.15) is 47.0 Å². The summed E-state index contributed by atoms with van der Waals surface area (Å²) >= 11 is 6.24. The summed E-state index contributed by atoms with van der Waals surface area (Å²) < 4.78 is 0. The van der Waals surface area contributed by atoms with E-state index in [1.807, 2.05) is 0 Å². The van der Waals surface area contributed by atoms with Crippen LogP contribution in [0, 0.1) is 23.7 Å². The molecule has 0 spiro atoms. The highest BCUT2D eigenvalue weighted by atomic mass is 35.5. The van der Waals surface area contributed by atoms with E-state index >= 15 is 0 Å². The van der Waals surface area contributed by atoms with Gasteiger partial charge in [0.25, 0.3) is 0 Å². The molecule has 1 heteroatoms. The molecule has 4 atom stereocenters. The highest BCUT2D eigenvalue weighted by Gasteiger charge is 2.34. The average molecular weight is 203 g/mol. The summed E-state index contributed by atoms with van der Waals surface area (Å²) in [5, 5.41) is 0.444. The molecule has 0 aromatic carbocycles. The molecule has 0 aromatic heterocycles. The maximum atomic E-state index is 6.24. The smallest absolute Gasteiger partial charge is 0.0364 e. The quantitative estimate of drug-likeness (QED) is 0.598. The molecule has 13 heavy (non-hydrogen) atoms. The van der Waals surface area contributed by atoms with E-state index in [1.165, 1.54) is 19.3 Å². The van der Waals surface area contributed by atoms with E-state index in [2.05, 4.69) is 27.7 Å². The average Bonchev–Trinajstić information content (AvgIpc) is 2.31. The molecule has 1 saturated carbocycles. The molecular formula is C12H23Cl. The van der Waals surface area contributed by atoms with Gasteiger partial charge in [-0.3, -0.25) is 0 Å². The van der Waals surface area contributed by atoms with Gasteiger partial charge in [0.15, 0.2) is 0 Å². The predicted molar refractivity (Wildman–Crippen MR) is 60.1 cm³/mol. The molecule has 0 aromatic rings. The maximum absolute atomic E-state index is 6.24. The summed E-state index contributed by atoms with van der Waals surface area (Å²) in [5.41, 5.74) is 0. The second-order valence-electron chi connectivity index (χ2n) is 5.22. The lowest BCUT2D eigenvalue weighted by atomic mass is 9.81. The summed E-state index contributed by atoms with van der Waals surface area (Å²) in [6, 6.07) is 0. The van der Waals surface area contributed by atoms with Crippen LogP contribution in [0.4, 0.5) is 0 Å². The molecule has 1 fully saturated rings. The third kappa shape index (κ3) is 2.87. The van der Waals surface area contributed by atoms with Gasteiger partial charge in [0.2, 0.25) is 0 Å². The normalized spacial score (nSPS) is 36.9. The summed E-state index contributed by atoms with van der Waals surface area (Å²) in [5.74, 6) is 3.30. The number of hydrogen-bond acceptors (Lipinski definition) is 0. The van der Waals surface area contributed by atoms with Gasteiger partial charge in [0.1, 0.15) is 0 Å². The summed E-state index contributed by atoms with van der Waals surface area (Å²) in [6.07, 6.45) is 3.94. The zero-order chi connectivity index (χ0) is 10.0. The van der Waals surface area contributed by atoms with Gasteiger partial charge >= 0.3 is 0 Å². The fourth-order valence-corrected chi connectivity index (χ4v) is 3.18. The summed E-state index contributed by atoms with van der Waals surface area (Å²) in [6.45, 7) is 9.35. The molecule has 0 saturated heterocycles. The van der Waals surface area contributed by atoms with Crippen LogP contribution in [0.25, 0.3) is 0 Å². The molecule has 0 amide bonds. The minimum Gasteiger partial charge on any atom is -0.123 e. The predicted octanol–water partition coefficient (Wildman–Crippen LogP) is 4.32. The maximum Gasteiger partial charge on any atom is 0.0364 e. The first-order valence-corrected chi connectivity index (χ1v) is 6.10. The Morgan fingerprint density at radius 2 is 1.85 bits per heavy atom. The standard InChI is InChI=1S/C12H23Cl/c1-8(2)7-9(3)11-5-6-12(13)10(11)4/h8-12H,5-7H2,1-4H3. The van der Waals surface area contributed by atoms with Crippen molar-refractivity contribution < 1.29 is 0 Å². The van der Waals surface area contributed by atoms with Crippen molar-refractivity contribution in [1.82, 2.24) is 0 Å². The summed E-state index contributed by atoms with van der Waals surface area (Å²) in [4.78, 5) is 0. The van der Waals surface area contributed by atoms with Crippen molar-refractivity contribution in [3.05, 3.63) is 0 Å². The number of rotatable bonds is 3. The number of alkyl halides is 1. The second kappa shape index (κ2) is 4.68. The zero-order valence-corrected chi connectivity index (χ0v) is 10.1. The Morgan fingerprint density at radius 1 is 1.23 bits per heavy atom. The first kappa shape index (κ1) is 11.4. The first-order chi connectivity index (χ1) is 6.02. The SMILES string of the molecule is CC(C)CC(C)C1CCC(Cl)C1C. The van der Waals surface area contributed by atoms with Crippen LogP contribution >= 0.6 is 11.6 Å². The fraction of sp³-hybridized carbons (Fsp3) is 1.00. The first-order valence-electron chi connectivity index (χ1n) is 5.66. The van der Waals surface area contributed by atoms with Crippen LogP contribution in [0.2, 0.25) is 0 Å². The Kier molecular flexibility index (Phi) is 4.09. The van der Waals surface area contributed by atoms with Crippen LogP contribution in [0.15, 0.2) is 0 Å². The molecular weight excluding hydrogens is 180 g/mol. The Bertz CT molecular complexity index is 153. The van der Waals surface area contributed by atoms with Crippen LogP contribution in [0.5, 0.6) is 0 Å². The van der Waals surface area contributed by atoms with Crippen molar-refractivity contribution in [2.75, 3.05) is 0 Å². The van der Waals surface area contributed by atoms with E-state index in [9.17, 15) is 0 Å². The largest absolute Gasteiger partial charge is 0.123 e. The molecule has 0 N–H and O–H groups in total. The Morgan fingerprint density at radius 3 is 2.23 bits per heavy atom. The van der Waals surface area contributed by atoms with Crippen molar-refractivity contribution in [1.29, 1.82) is 0 Å². The van der Waals surface area contributed by atoms with Crippen molar-refractivity contribution in [2.24, 2.45) is 23.7 Å². The molecule has 0 nitrogen and oxygen atoms in total. The minimum atomic E-state index is 0.444. The van der Waals surface area contributed by atoms with Crippen LogP contribution in [-0.2, 0) is 0 Å². The molecule has 4 unspecified atom stereocenters. The second-order valence-corrected chi connectivity index (χ2v) is 5.78. The molecule has 1 aliphatic rings. The third-order valence-electron chi connectivity index (χ3n) is 3.60. The van der Waals surface area contributed by atoms with Crippen molar-refractivity contribution >= 4 is 11.6 Å². The van der Waals surface area contributed by atoms with Crippen LogP contribution in [-0.4, -0.2) is 5.38 Å². The Labute approximate surface area is 88.1 Å². The van der Waals surface area contributed by atoms with E-state index in [-0.39, 0.29) is 0 Å². The van der Waals surface area contributed by atoms with E-state index in [1.54, 1.807) is 0 Å². The molecule has 0 bridgehead atoms. The lowest BCUT2D eigenvalue weighted by Gasteiger charge is -2.25. The number of halogens is 1. The van der Waals surface area contributed by atoms with Gasteiger partial charge < -0.3 is 0 Å². The fourth-order valence-electron chi connectivity index (χ4n) is 2.87. The van der Waals surface area contributed by atoms with Gasteiger partial charge in [-0.1, -0.05) is 27.7 Å². The van der Waals surface area contributed by atoms with Gasteiger partial charge in [0, 0.05) is 5.38 Å². The van der Waals surface area contributed by atoms with Crippen LogP contribution < -0.4 is 0 Å². The molecule has 0 heterocycles. The lowest BCUT2D eigenvalue weighted by Crippen LogP contribution is -2.19. The van der Waals surface area contributed by atoms with E-state index < -0.39 is 0 Å². The van der Waals surface area contributed by atoms with Gasteiger partial charge in [-0.25, -0.2) is 0 Å². The van der Waals surface area contributed by atoms with Crippen molar-refractivity contribution in [2.45, 2.75) is 52.3 Å². The van der Waals surface area contributed by atoms with Gasteiger partial charge in [0.05, 0.1) is 0 Å².